The van der Waals surface area contributed by atoms with Crippen LogP contribution in [0.5, 0.6) is 0 Å². The quantitative estimate of drug-likeness (QED) is 0.524. The maximum atomic E-state index is 11.5. The lowest BCUT2D eigenvalue weighted by Gasteiger charge is -2.22. The lowest BCUT2D eigenvalue weighted by molar-refractivity contribution is 0.234. The molecule has 3 aromatic rings. The second-order valence-corrected chi connectivity index (χ2v) is 10.1. The molecule has 30 heavy (non-hydrogen) atoms. The van der Waals surface area contributed by atoms with Crippen LogP contribution in [-0.2, 0) is 26.3 Å². The molecule has 13 heteroatoms. The number of anilines is 1. The summed E-state index contributed by atoms with van der Waals surface area (Å²) < 4.78 is 34.6. The number of hydrogen-bond donors (Lipinski definition) is 0. The van der Waals surface area contributed by atoms with Crippen molar-refractivity contribution in [2.75, 3.05) is 24.2 Å². The third-order valence-corrected chi connectivity index (χ3v) is 5.44. The van der Waals surface area contributed by atoms with Gasteiger partial charge in [-0.15, -0.1) is 5.10 Å². The molecule has 1 aliphatic rings. The highest BCUT2D eigenvalue weighted by atomic mass is 32.2. The Morgan fingerprint density at radius 3 is 2.63 bits per heavy atom. The summed E-state index contributed by atoms with van der Waals surface area (Å²) >= 11 is 0. The van der Waals surface area contributed by atoms with E-state index in [0.29, 0.717) is 60.2 Å². The smallest absolute Gasteiger partial charge is 0.264 e. The van der Waals surface area contributed by atoms with Crippen molar-refractivity contribution in [1.82, 2.24) is 35.3 Å². The summed E-state index contributed by atoms with van der Waals surface area (Å²) in [5.41, 5.74) is 2.11. The molecule has 0 spiro atoms. The second kappa shape index (κ2) is 7.23. The topological polar surface area (TPSA) is 142 Å². The zero-order valence-electron chi connectivity index (χ0n) is 17.5. The van der Waals surface area contributed by atoms with Crippen LogP contribution in [0.4, 0.5) is 5.82 Å². The molecule has 12 nitrogen and oxygen atoms in total. The Morgan fingerprint density at radius 1 is 1.23 bits per heavy atom. The average molecular weight is 436 g/mol. The fourth-order valence-electron chi connectivity index (χ4n) is 3.29. The molecular weight excluding hydrogens is 412 g/mol. The summed E-state index contributed by atoms with van der Waals surface area (Å²) in [5, 5.41) is 16.3. The van der Waals surface area contributed by atoms with E-state index < -0.39 is 16.2 Å². The van der Waals surface area contributed by atoms with Gasteiger partial charge >= 0.3 is 0 Å². The molecule has 0 amide bonds. The molecule has 1 saturated heterocycles. The van der Waals surface area contributed by atoms with E-state index in [9.17, 15) is 8.42 Å². The third-order valence-electron chi connectivity index (χ3n) is 4.82. The van der Waals surface area contributed by atoms with Crippen molar-refractivity contribution in [3.63, 3.8) is 0 Å². The number of rotatable bonds is 5. The van der Waals surface area contributed by atoms with Crippen LogP contribution in [0.25, 0.3) is 11.2 Å². The first-order chi connectivity index (χ1) is 14.0. The Morgan fingerprint density at radius 2 is 2.00 bits per heavy atom. The number of nitrogens with zero attached hydrogens (tertiary/aromatic N) is 8. The van der Waals surface area contributed by atoms with Gasteiger partial charge in [0.2, 0.25) is 0 Å². The molecule has 4 heterocycles. The lowest BCUT2D eigenvalue weighted by atomic mass is 9.96. The minimum atomic E-state index is -3.53. The predicted octanol–water partition coefficient (Wildman–Crippen LogP) is 0.813. The highest BCUT2D eigenvalue weighted by molar-refractivity contribution is 7.86. The van der Waals surface area contributed by atoms with Crippen LogP contribution >= 0.6 is 0 Å². The van der Waals surface area contributed by atoms with Crippen LogP contribution in [0.2, 0.25) is 0 Å². The molecule has 1 atom stereocenters. The first kappa shape index (κ1) is 20.6. The van der Waals surface area contributed by atoms with Crippen molar-refractivity contribution < 1.29 is 17.2 Å². The molecule has 0 radical (unpaired) electrons. The normalized spacial score (nSPS) is 17.9. The first-order valence-electron chi connectivity index (χ1n) is 9.54. The summed E-state index contributed by atoms with van der Waals surface area (Å²) in [6.07, 6.45) is 1.20. The Labute approximate surface area is 173 Å². The largest absolute Gasteiger partial charge is 0.352 e. The van der Waals surface area contributed by atoms with Crippen molar-refractivity contribution in [3.05, 3.63) is 17.2 Å². The molecule has 0 bridgehead atoms. The Kier molecular flexibility index (Phi) is 4.97. The lowest BCUT2D eigenvalue weighted by Crippen LogP contribution is -2.27. The fraction of sp³-hybridized carbons (Fsp3) is 0.647. The van der Waals surface area contributed by atoms with E-state index in [1.807, 2.05) is 25.7 Å². The van der Waals surface area contributed by atoms with Gasteiger partial charge in [0.05, 0.1) is 18.9 Å². The summed E-state index contributed by atoms with van der Waals surface area (Å²) in [6.45, 7) is 9.17. The SMILES string of the molecule is Cc1nonc1Cn1nnc2c(N3CCC(OS(C)(=O)=O)C3)nc(C(C)(C)C)nc21. The summed E-state index contributed by atoms with van der Waals surface area (Å²) in [6, 6.07) is 0. The molecule has 4 rings (SSSR count). The zero-order chi connectivity index (χ0) is 21.7. The maximum absolute atomic E-state index is 11.5. The Hall–Kier alpha value is -2.67. The molecule has 1 fully saturated rings. The number of fused-ring (bicyclic) bond motifs is 1. The number of aryl methyl sites for hydroxylation is 1. The van der Waals surface area contributed by atoms with Gasteiger partial charge in [0.1, 0.15) is 17.2 Å². The Balaban J connectivity index is 1.75. The molecule has 1 unspecified atom stereocenters. The predicted molar refractivity (Wildman–Crippen MR) is 107 cm³/mol. The van der Waals surface area contributed by atoms with Crippen molar-refractivity contribution in [3.8, 4) is 0 Å². The van der Waals surface area contributed by atoms with Gasteiger partial charge in [-0.3, -0.25) is 4.18 Å². The second-order valence-electron chi connectivity index (χ2n) is 8.49. The van der Waals surface area contributed by atoms with Crippen LogP contribution in [-0.4, -0.2) is 69.1 Å². The van der Waals surface area contributed by atoms with Gasteiger partial charge in [-0.2, -0.15) is 8.42 Å². The van der Waals surface area contributed by atoms with E-state index in [0.717, 1.165) is 6.26 Å². The molecule has 3 aromatic heterocycles. The minimum Gasteiger partial charge on any atom is -0.352 e. The summed E-state index contributed by atoms with van der Waals surface area (Å²) in [7, 11) is -3.53. The van der Waals surface area contributed by atoms with Crippen LogP contribution in [0, 0.1) is 6.92 Å². The van der Waals surface area contributed by atoms with Crippen LogP contribution < -0.4 is 4.90 Å². The van der Waals surface area contributed by atoms with Gasteiger partial charge < -0.3 is 4.90 Å². The van der Waals surface area contributed by atoms with Gasteiger partial charge in [0, 0.05) is 18.5 Å². The average Bonchev–Trinajstić information content (AvgIpc) is 3.34. The van der Waals surface area contributed by atoms with Crippen LogP contribution in [0.1, 0.15) is 44.4 Å². The fourth-order valence-corrected chi connectivity index (χ4v) is 3.94. The maximum Gasteiger partial charge on any atom is 0.264 e. The Bertz CT molecular complexity index is 1180. The number of hydrogen-bond acceptors (Lipinski definition) is 11. The van der Waals surface area contributed by atoms with E-state index in [4.69, 9.17) is 18.8 Å². The van der Waals surface area contributed by atoms with Crippen molar-refractivity contribution in [2.24, 2.45) is 0 Å². The van der Waals surface area contributed by atoms with Crippen LogP contribution in [0.15, 0.2) is 4.63 Å². The van der Waals surface area contributed by atoms with Gasteiger partial charge in [0.15, 0.2) is 17.0 Å². The number of aromatic nitrogens is 7. The molecule has 0 saturated carbocycles. The standard InChI is InChI=1S/C17H24N8O4S/c1-10-12(22-29-21-10)9-25-15-13(20-23-25)14(18-16(19-15)17(2,3)4)24-7-6-11(8-24)28-30(5,26)27/h11H,6-9H2,1-5H3. The van der Waals surface area contributed by atoms with Gasteiger partial charge in [-0.25, -0.2) is 19.3 Å². The zero-order valence-corrected chi connectivity index (χ0v) is 18.3. The first-order valence-corrected chi connectivity index (χ1v) is 11.4. The van der Waals surface area contributed by atoms with Crippen molar-refractivity contribution >= 4 is 27.1 Å². The van der Waals surface area contributed by atoms with Crippen molar-refractivity contribution in [2.45, 2.75) is 52.2 Å². The van der Waals surface area contributed by atoms with E-state index in [-0.39, 0.29) is 5.41 Å². The molecule has 0 aliphatic carbocycles. The van der Waals surface area contributed by atoms with Crippen molar-refractivity contribution in [1.29, 1.82) is 0 Å². The van der Waals surface area contributed by atoms with Gasteiger partial charge in [-0.05, 0) is 13.3 Å². The monoisotopic (exact) mass is 436 g/mol. The van der Waals surface area contributed by atoms with E-state index in [1.165, 1.54) is 0 Å². The van der Waals surface area contributed by atoms with E-state index in [1.54, 1.807) is 11.6 Å². The molecule has 162 valence electrons. The van der Waals surface area contributed by atoms with Gasteiger partial charge in [-0.1, -0.05) is 36.3 Å². The van der Waals surface area contributed by atoms with E-state index in [2.05, 4.69) is 20.6 Å². The summed E-state index contributed by atoms with van der Waals surface area (Å²) in [4.78, 5) is 11.5. The molecule has 0 N–H and O–H groups in total. The van der Waals surface area contributed by atoms with Crippen LogP contribution in [0.3, 0.4) is 0 Å². The minimum absolute atomic E-state index is 0.311. The highest BCUT2D eigenvalue weighted by Gasteiger charge is 2.31. The van der Waals surface area contributed by atoms with E-state index >= 15 is 0 Å². The van der Waals surface area contributed by atoms with Gasteiger partial charge in [0.25, 0.3) is 10.1 Å². The third kappa shape index (κ3) is 4.12. The molecule has 1 aliphatic heterocycles. The summed E-state index contributed by atoms with van der Waals surface area (Å²) in [5.74, 6) is 1.25. The molecule has 0 aromatic carbocycles. The highest BCUT2D eigenvalue weighted by Crippen LogP contribution is 2.30. The molecular formula is C17H24N8O4S.